The molecule has 0 spiro atoms. The van der Waals surface area contributed by atoms with Crippen molar-refractivity contribution in [1.29, 1.82) is 5.26 Å². The van der Waals surface area contributed by atoms with Crippen LogP contribution in [0.2, 0.25) is 5.02 Å². The number of amides is 2. The Balaban J connectivity index is 1.77. The number of ether oxygens (including phenoxy) is 2. The minimum Gasteiger partial charge on any atom is -0.495 e. The van der Waals surface area contributed by atoms with Crippen LogP contribution in [0.25, 0.3) is 6.08 Å². The number of carbonyl (C=O) groups excluding carboxylic acids is 2. The highest BCUT2D eigenvalue weighted by Crippen LogP contribution is 2.27. The SMILES string of the molecule is COc1ccccc1NC(=O)COc1ccc(Cl)cc1C=C(C#N)C(=O)Nc1cccc(C)c1C. The molecule has 2 amide bonds. The fraction of sp³-hybridized carbons (Fsp3) is 0.148. The molecule has 3 rings (SSSR count). The van der Waals surface area contributed by atoms with Gasteiger partial charge >= 0.3 is 0 Å². The molecule has 0 saturated heterocycles. The van der Waals surface area contributed by atoms with Gasteiger partial charge in [-0.25, -0.2) is 0 Å². The molecule has 3 aromatic carbocycles. The van der Waals surface area contributed by atoms with Crippen LogP contribution in [0.3, 0.4) is 0 Å². The van der Waals surface area contributed by atoms with Crippen LogP contribution in [0.5, 0.6) is 11.5 Å². The normalized spacial score (nSPS) is 10.8. The van der Waals surface area contributed by atoms with Crippen LogP contribution >= 0.6 is 11.6 Å². The average molecular weight is 490 g/mol. The number of hydrogen-bond donors (Lipinski definition) is 2. The lowest BCUT2D eigenvalue weighted by atomic mass is 10.1. The second-order valence-corrected chi connectivity index (χ2v) is 8.03. The summed E-state index contributed by atoms with van der Waals surface area (Å²) in [5, 5.41) is 15.5. The van der Waals surface area contributed by atoms with Crippen molar-refractivity contribution in [2.24, 2.45) is 0 Å². The number of halogens is 1. The number of benzene rings is 3. The largest absolute Gasteiger partial charge is 0.495 e. The van der Waals surface area contributed by atoms with Crippen molar-refractivity contribution in [2.75, 3.05) is 24.4 Å². The molecular weight excluding hydrogens is 466 g/mol. The van der Waals surface area contributed by atoms with Crippen LogP contribution in [0, 0.1) is 25.2 Å². The number of methoxy groups -OCH3 is 1. The van der Waals surface area contributed by atoms with Gasteiger partial charge in [-0.15, -0.1) is 0 Å². The first-order valence-electron chi connectivity index (χ1n) is 10.7. The third-order valence-corrected chi connectivity index (χ3v) is 5.46. The van der Waals surface area contributed by atoms with Gasteiger partial charge in [0, 0.05) is 16.3 Å². The number of nitriles is 1. The highest BCUT2D eigenvalue weighted by atomic mass is 35.5. The van der Waals surface area contributed by atoms with Crippen molar-refractivity contribution in [1.82, 2.24) is 0 Å². The smallest absolute Gasteiger partial charge is 0.266 e. The van der Waals surface area contributed by atoms with E-state index in [1.807, 2.05) is 32.0 Å². The van der Waals surface area contributed by atoms with Crippen molar-refractivity contribution in [3.63, 3.8) is 0 Å². The quantitative estimate of drug-likeness (QED) is 0.320. The molecule has 0 atom stereocenters. The molecule has 7 nitrogen and oxygen atoms in total. The molecule has 0 heterocycles. The second-order valence-electron chi connectivity index (χ2n) is 7.59. The van der Waals surface area contributed by atoms with E-state index in [9.17, 15) is 14.9 Å². The summed E-state index contributed by atoms with van der Waals surface area (Å²) in [4.78, 5) is 25.2. The van der Waals surface area contributed by atoms with Crippen molar-refractivity contribution < 1.29 is 19.1 Å². The average Bonchev–Trinajstić information content (AvgIpc) is 2.85. The van der Waals surface area contributed by atoms with Crippen LogP contribution in [-0.4, -0.2) is 25.5 Å². The lowest BCUT2D eigenvalue weighted by molar-refractivity contribution is -0.118. The fourth-order valence-corrected chi connectivity index (χ4v) is 3.40. The number of para-hydroxylation sites is 2. The van der Waals surface area contributed by atoms with Crippen LogP contribution < -0.4 is 20.1 Å². The maximum atomic E-state index is 12.8. The van der Waals surface area contributed by atoms with Gasteiger partial charge in [-0.1, -0.05) is 35.9 Å². The van der Waals surface area contributed by atoms with Gasteiger partial charge in [-0.3, -0.25) is 9.59 Å². The molecule has 8 heteroatoms. The molecule has 0 aromatic heterocycles. The minimum absolute atomic E-state index is 0.142. The van der Waals surface area contributed by atoms with Crippen LogP contribution in [0.4, 0.5) is 11.4 Å². The first kappa shape index (κ1) is 25.3. The van der Waals surface area contributed by atoms with E-state index in [1.165, 1.54) is 13.2 Å². The fourth-order valence-electron chi connectivity index (χ4n) is 3.22. The molecule has 0 fully saturated rings. The van der Waals surface area contributed by atoms with E-state index in [0.29, 0.717) is 27.7 Å². The summed E-state index contributed by atoms with van der Waals surface area (Å²) >= 11 is 6.13. The van der Waals surface area contributed by atoms with E-state index in [2.05, 4.69) is 10.6 Å². The Labute approximate surface area is 208 Å². The maximum absolute atomic E-state index is 12.8. The van der Waals surface area contributed by atoms with Crippen molar-refractivity contribution in [2.45, 2.75) is 13.8 Å². The molecule has 3 aromatic rings. The molecule has 2 N–H and O–H groups in total. The standard InChI is InChI=1S/C27H24ClN3O4/c1-17-7-6-9-22(18(17)2)31-27(33)20(15-29)13-19-14-21(28)11-12-24(19)35-16-26(32)30-23-8-4-5-10-25(23)34-3/h4-14H,16H2,1-3H3,(H,30,32)(H,31,33). The summed E-state index contributed by atoms with van der Waals surface area (Å²) in [5.41, 5.74) is 3.29. The highest BCUT2D eigenvalue weighted by molar-refractivity contribution is 6.30. The van der Waals surface area contributed by atoms with Crippen LogP contribution in [-0.2, 0) is 9.59 Å². The molecule has 0 aliphatic heterocycles. The van der Waals surface area contributed by atoms with E-state index < -0.39 is 11.8 Å². The zero-order valence-corrected chi connectivity index (χ0v) is 20.3. The first-order chi connectivity index (χ1) is 16.8. The van der Waals surface area contributed by atoms with Crippen LogP contribution in [0.1, 0.15) is 16.7 Å². The number of rotatable bonds is 8. The number of carbonyl (C=O) groups is 2. The first-order valence-corrected chi connectivity index (χ1v) is 11.0. The van der Waals surface area contributed by atoms with Crippen molar-refractivity contribution in [3.05, 3.63) is 87.9 Å². The number of nitrogens with one attached hydrogen (secondary N) is 2. The lowest BCUT2D eigenvalue weighted by Crippen LogP contribution is -2.20. The molecule has 178 valence electrons. The number of nitrogens with zero attached hydrogens (tertiary/aromatic N) is 1. The van der Waals surface area contributed by atoms with Gasteiger partial charge in [0.15, 0.2) is 6.61 Å². The van der Waals surface area contributed by atoms with Gasteiger partial charge in [-0.2, -0.15) is 5.26 Å². The Morgan fingerprint density at radius 1 is 1.00 bits per heavy atom. The molecule has 0 bridgehead atoms. The third-order valence-electron chi connectivity index (χ3n) is 5.23. The lowest BCUT2D eigenvalue weighted by Gasteiger charge is -2.13. The topological polar surface area (TPSA) is 100 Å². The van der Waals surface area contributed by atoms with E-state index in [-0.39, 0.29) is 17.9 Å². The molecule has 0 unspecified atom stereocenters. The molecular formula is C27H24ClN3O4. The van der Waals surface area contributed by atoms with Gasteiger partial charge < -0.3 is 20.1 Å². The van der Waals surface area contributed by atoms with E-state index in [0.717, 1.165) is 11.1 Å². The van der Waals surface area contributed by atoms with Gasteiger partial charge in [0.1, 0.15) is 23.1 Å². The minimum atomic E-state index is -0.568. The number of anilines is 2. The zero-order chi connectivity index (χ0) is 25.4. The Bertz CT molecular complexity index is 1330. The number of hydrogen-bond acceptors (Lipinski definition) is 5. The van der Waals surface area contributed by atoms with E-state index in [1.54, 1.807) is 48.5 Å². The van der Waals surface area contributed by atoms with E-state index >= 15 is 0 Å². The molecule has 0 aliphatic carbocycles. The zero-order valence-electron chi connectivity index (χ0n) is 19.5. The Morgan fingerprint density at radius 2 is 1.74 bits per heavy atom. The van der Waals surface area contributed by atoms with E-state index in [4.69, 9.17) is 21.1 Å². The maximum Gasteiger partial charge on any atom is 0.266 e. The van der Waals surface area contributed by atoms with Crippen LogP contribution in [0.15, 0.2) is 66.2 Å². The highest BCUT2D eigenvalue weighted by Gasteiger charge is 2.14. The number of aryl methyl sites for hydroxylation is 1. The molecule has 0 radical (unpaired) electrons. The van der Waals surface area contributed by atoms with Crippen molar-refractivity contribution >= 4 is 40.9 Å². The monoisotopic (exact) mass is 489 g/mol. The van der Waals surface area contributed by atoms with Gasteiger partial charge in [0.25, 0.3) is 11.8 Å². The van der Waals surface area contributed by atoms with Crippen molar-refractivity contribution in [3.8, 4) is 17.6 Å². The van der Waals surface area contributed by atoms with Gasteiger partial charge in [-0.05, 0) is 67.4 Å². The molecule has 0 saturated carbocycles. The molecule has 0 aliphatic rings. The summed E-state index contributed by atoms with van der Waals surface area (Å²) in [6.07, 6.45) is 1.37. The summed E-state index contributed by atoms with van der Waals surface area (Å²) in [7, 11) is 1.51. The Kier molecular flexibility index (Phi) is 8.49. The van der Waals surface area contributed by atoms with Gasteiger partial charge in [0.2, 0.25) is 0 Å². The summed E-state index contributed by atoms with van der Waals surface area (Å²) in [6, 6.07) is 19.2. The predicted molar refractivity (Wildman–Crippen MR) is 137 cm³/mol. The Hall–Kier alpha value is -4.28. The molecule has 35 heavy (non-hydrogen) atoms. The predicted octanol–water partition coefficient (Wildman–Crippen LogP) is 5.53. The van der Waals surface area contributed by atoms with Gasteiger partial charge in [0.05, 0.1) is 12.8 Å². The summed E-state index contributed by atoms with van der Waals surface area (Å²) in [5.74, 6) is -0.171. The second kappa shape index (κ2) is 11.7. The summed E-state index contributed by atoms with van der Waals surface area (Å²) in [6.45, 7) is 3.52. The summed E-state index contributed by atoms with van der Waals surface area (Å²) < 4.78 is 10.9. The third kappa shape index (κ3) is 6.62. The Morgan fingerprint density at radius 3 is 2.49 bits per heavy atom.